The monoisotopic (exact) mass is 426 g/mol. The Morgan fingerprint density at radius 1 is 1.10 bits per heavy atom. The largest absolute Gasteiger partial charge is 0.461 e. The minimum atomic E-state index is -1.30. The zero-order chi connectivity index (χ0) is 22.2. The summed E-state index contributed by atoms with van der Waals surface area (Å²) in [6, 6.07) is 0. The molecule has 0 radical (unpaired) electrons. The highest BCUT2D eigenvalue weighted by Crippen LogP contribution is 2.89. The Hall–Kier alpha value is -1.53. The standard InChI is InChI=1S/C25H30O6/c1-19(2)13-6-7-23-10-20(3)9-12-16(27)30-11-24(12,23)22(5,17(20)28)18-25(23,29)21(13,4)15(31-18)8-14(19)26/h9,13,15,18,29H,6-8,10-11H2,1-5H3. The number of Topliss-reactive ketones (excluding diaryl/α,β-unsaturated/α-hetero) is 2. The molecular formula is C25H30O6. The summed E-state index contributed by atoms with van der Waals surface area (Å²) < 4.78 is 12.3. The van der Waals surface area contributed by atoms with Gasteiger partial charge in [-0.1, -0.05) is 26.8 Å². The van der Waals surface area contributed by atoms with Gasteiger partial charge in [0, 0.05) is 33.7 Å². The van der Waals surface area contributed by atoms with Crippen LogP contribution in [0.2, 0.25) is 0 Å². The summed E-state index contributed by atoms with van der Waals surface area (Å²) in [6.45, 7) is 10.1. The molecule has 166 valence electrons. The zero-order valence-electron chi connectivity index (χ0n) is 18.8. The number of esters is 1. The van der Waals surface area contributed by atoms with E-state index in [-0.39, 0.29) is 36.5 Å². The molecule has 0 aromatic carbocycles. The third-order valence-electron chi connectivity index (χ3n) is 11.9. The first-order valence-electron chi connectivity index (χ1n) is 11.7. The molecule has 2 aliphatic heterocycles. The van der Waals surface area contributed by atoms with Crippen LogP contribution in [0, 0.1) is 38.4 Å². The Labute approximate surface area is 181 Å². The van der Waals surface area contributed by atoms with Gasteiger partial charge in [-0.15, -0.1) is 0 Å². The molecule has 1 N–H and O–H groups in total. The van der Waals surface area contributed by atoms with Gasteiger partial charge in [0.25, 0.3) is 0 Å². The number of ether oxygens (including phenoxy) is 2. The van der Waals surface area contributed by atoms with Gasteiger partial charge in [0.15, 0.2) is 5.78 Å². The summed E-state index contributed by atoms with van der Waals surface area (Å²) in [6.07, 6.45) is 2.91. The summed E-state index contributed by atoms with van der Waals surface area (Å²) in [4.78, 5) is 40.2. The molecule has 9 atom stereocenters. The van der Waals surface area contributed by atoms with E-state index in [0.717, 1.165) is 6.42 Å². The molecule has 4 bridgehead atoms. The van der Waals surface area contributed by atoms with Crippen LogP contribution in [0.4, 0.5) is 0 Å². The summed E-state index contributed by atoms with van der Waals surface area (Å²) in [5.41, 5.74) is -5.39. The van der Waals surface area contributed by atoms with E-state index in [0.29, 0.717) is 18.4 Å². The van der Waals surface area contributed by atoms with Crippen LogP contribution >= 0.6 is 0 Å². The van der Waals surface area contributed by atoms with Crippen molar-refractivity contribution in [3.8, 4) is 0 Å². The van der Waals surface area contributed by atoms with Crippen molar-refractivity contribution in [3.63, 3.8) is 0 Å². The van der Waals surface area contributed by atoms with Crippen LogP contribution in [-0.4, -0.2) is 47.1 Å². The molecule has 0 aromatic rings. The lowest BCUT2D eigenvalue weighted by molar-refractivity contribution is -0.255. The summed E-state index contributed by atoms with van der Waals surface area (Å²) >= 11 is 0. The first-order chi connectivity index (χ1) is 14.3. The van der Waals surface area contributed by atoms with Gasteiger partial charge in [-0.2, -0.15) is 0 Å². The smallest absolute Gasteiger partial charge is 0.334 e. The van der Waals surface area contributed by atoms with Crippen LogP contribution in [0.15, 0.2) is 11.6 Å². The van der Waals surface area contributed by atoms with E-state index < -0.39 is 50.3 Å². The highest BCUT2D eigenvalue weighted by Gasteiger charge is 2.97. The molecule has 0 aromatic heterocycles. The van der Waals surface area contributed by atoms with Gasteiger partial charge in [0.05, 0.1) is 16.9 Å². The van der Waals surface area contributed by atoms with Crippen LogP contribution < -0.4 is 0 Å². The van der Waals surface area contributed by atoms with Crippen LogP contribution in [0.5, 0.6) is 0 Å². The van der Waals surface area contributed by atoms with E-state index in [2.05, 4.69) is 6.92 Å². The van der Waals surface area contributed by atoms with Crippen molar-refractivity contribution in [2.75, 3.05) is 6.61 Å². The van der Waals surface area contributed by atoms with Crippen molar-refractivity contribution >= 4 is 17.5 Å². The van der Waals surface area contributed by atoms with E-state index >= 15 is 0 Å². The maximum atomic E-state index is 14.1. The van der Waals surface area contributed by atoms with Crippen LogP contribution in [0.25, 0.3) is 0 Å². The number of hydrogen-bond acceptors (Lipinski definition) is 6. The lowest BCUT2D eigenvalue weighted by atomic mass is 9.33. The minimum absolute atomic E-state index is 0.0434. The van der Waals surface area contributed by atoms with Gasteiger partial charge >= 0.3 is 5.97 Å². The second kappa shape index (κ2) is 4.45. The molecule has 2 heterocycles. The molecule has 8 rings (SSSR count). The van der Waals surface area contributed by atoms with Gasteiger partial charge in [-0.05, 0) is 39.0 Å². The first-order valence-corrected chi connectivity index (χ1v) is 11.7. The number of hydrogen-bond donors (Lipinski definition) is 1. The number of aliphatic hydroxyl groups is 1. The minimum Gasteiger partial charge on any atom is -0.461 e. The normalized spacial score (nSPS) is 61.8. The van der Waals surface area contributed by atoms with Crippen LogP contribution in [0.1, 0.15) is 60.3 Å². The van der Waals surface area contributed by atoms with Crippen molar-refractivity contribution < 1.29 is 29.0 Å². The highest BCUT2D eigenvalue weighted by molar-refractivity contribution is 6.06. The van der Waals surface area contributed by atoms with Crippen molar-refractivity contribution in [1.82, 2.24) is 0 Å². The Morgan fingerprint density at radius 3 is 2.52 bits per heavy atom. The van der Waals surface area contributed by atoms with Crippen molar-refractivity contribution in [2.45, 2.75) is 78.1 Å². The van der Waals surface area contributed by atoms with Crippen molar-refractivity contribution in [1.29, 1.82) is 0 Å². The average molecular weight is 427 g/mol. The van der Waals surface area contributed by atoms with Gasteiger partial charge < -0.3 is 14.6 Å². The number of rotatable bonds is 0. The molecule has 8 aliphatic rings. The number of cyclic esters (lactones) is 1. The molecule has 6 fully saturated rings. The predicted molar refractivity (Wildman–Crippen MR) is 108 cm³/mol. The van der Waals surface area contributed by atoms with Crippen LogP contribution in [-0.2, 0) is 23.9 Å². The Kier molecular flexibility index (Phi) is 2.73. The molecule has 6 heteroatoms. The number of allylic oxidation sites excluding steroid dienone is 1. The molecule has 6 aliphatic carbocycles. The fraction of sp³-hybridized carbons (Fsp3) is 0.800. The third kappa shape index (κ3) is 1.31. The maximum Gasteiger partial charge on any atom is 0.334 e. The Morgan fingerprint density at radius 2 is 1.81 bits per heavy atom. The fourth-order valence-electron chi connectivity index (χ4n) is 10.8. The Balaban J connectivity index is 1.59. The fourth-order valence-corrected chi connectivity index (χ4v) is 10.8. The second-order valence-corrected chi connectivity index (χ2v) is 12.7. The van der Waals surface area contributed by atoms with Gasteiger partial charge in [-0.3, -0.25) is 9.59 Å². The van der Waals surface area contributed by atoms with Gasteiger partial charge in [0.1, 0.15) is 24.1 Å². The number of ketones is 2. The molecule has 2 saturated heterocycles. The predicted octanol–water partition coefficient (Wildman–Crippen LogP) is 2.37. The third-order valence-corrected chi connectivity index (χ3v) is 11.9. The molecule has 4 saturated carbocycles. The lowest BCUT2D eigenvalue weighted by Crippen LogP contribution is -2.74. The van der Waals surface area contributed by atoms with E-state index in [1.807, 2.05) is 33.8 Å². The molecule has 0 amide bonds. The van der Waals surface area contributed by atoms with Gasteiger partial charge in [-0.25, -0.2) is 4.79 Å². The summed E-state index contributed by atoms with van der Waals surface area (Å²) in [7, 11) is 0. The van der Waals surface area contributed by atoms with Gasteiger partial charge in [0.2, 0.25) is 0 Å². The molecule has 6 nitrogen and oxygen atoms in total. The van der Waals surface area contributed by atoms with E-state index in [1.165, 1.54) is 0 Å². The number of carbonyl (C=O) groups is 3. The van der Waals surface area contributed by atoms with E-state index in [1.54, 1.807) is 0 Å². The van der Waals surface area contributed by atoms with Crippen molar-refractivity contribution in [3.05, 3.63) is 11.6 Å². The lowest BCUT2D eigenvalue weighted by Gasteiger charge is -2.69. The molecule has 2 spiro atoms. The van der Waals surface area contributed by atoms with Crippen molar-refractivity contribution in [2.24, 2.45) is 38.4 Å². The van der Waals surface area contributed by atoms with E-state index in [4.69, 9.17) is 9.47 Å². The average Bonchev–Trinajstić information content (AvgIpc) is 3.19. The number of carbonyl (C=O) groups excluding carboxylic acids is 3. The van der Waals surface area contributed by atoms with Crippen LogP contribution in [0.3, 0.4) is 0 Å². The quantitative estimate of drug-likeness (QED) is 0.598. The Bertz CT molecular complexity index is 1070. The second-order valence-electron chi connectivity index (χ2n) is 12.7. The van der Waals surface area contributed by atoms with E-state index in [9.17, 15) is 19.5 Å². The molecule has 9 unspecified atom stereocenters. The zero-order valence-corrected chi connectivity index (χ0v) is 18.8. The summed E-state index contributed by atoms with van der Waals surface area (Å²) in [5.74, 6) is -0.175. The maximum absolute atomic E-state index is 14.1. The SMILES string of the molecule is CC12C=C3C(=O)OCC34C(C)(C1=O)C1OC3CC(=O)C(C)(C)C5CCC4(C2)C1(O)C35C. The highest BCUT2D eigenvalue weighted by atomic mass is 16.5. The topological polar surface area (TPSA) is 89.9 Å². The molecular weight excluding hydrogens is 396 g/mol. The summed E-state index contributed by atoms with van der Waals surface area (Å²) in [5, 5.41) is 13.0. The first kappa shape index (κ1) is 19.0. The molecule has 31 heavy (non-hydrogen) atoms.